The van der Waals surface area contributed by atoms with Crippen LogP contribution in [0.5, 0.6) is 0 Å². The van der Waals surface area contributed by atoms with E-state index in [1.54, 1.807) is 13.8 Å². The molecule has 20 heteroatoms. The fraction of sp³-hybridized carbons (Fsp3) is 0.370. The van der Waals surface area contributed by atoms with Crippen molar-refractivity contribution in [2.75, 3.05) is 39.1 Å². The summed E-state index contributed by atoms with van der Waals surface area (Å²) in [6, 6.07) is 10.6. The number of hydroxylamine groups is 1. The second-order valence-corrected chi connectivity index (χ2v) is 18.7. The van der Waals surface area contributed by atoms with E-state index < -0.39 is 71.6 Å². The van der Waals surface area contributed by atoms with Gasteiger partial charge >= 0.3 is 0 Å². The van der Waals surface area contributed by atoms with E-state index >= 15 is 0 Å². The highest BCUT2D eigenvalue weighted by atomic mass is 32.2. The van der Waals surface area contributed by atoms with Crippen LogP contribution in [0.4, 0.5) is 5.95 Å². The number of hydrogen-bond donors (Lipinski definition) is 1. The molecular weight excluding hydrogens is 695 g/mol. The Bertz CT molecular complexity index is 2080. The fourth-order valence-corrected chi connectivity index (χ4v) is 9.86. The summed E-state index contributed by atoms with van der Waals surface area (Å²) in [5.41, 5.74) is 0.462. The predicted octanol–water partition coefficient (Wildman–Crippen LogP) is 2.00. The second kappa shape index (κ2) is 13.9. The zero-order valence-electron chi connectivity index (χ0n) is 27.0. The van der Waals surface area contributed by atoms with E-state index in [0.717, 1.165) is 32.9 Å². The van der Waals surface area contributed by atoms with Gasteiger partial charge in [0.2, 0.25) is 26.0 Å². The number of nitrogens with one attached hydrogen (secondary N) is 1. The molecule has 47 heavy (non-hydrogen) atoms. The molecule has 0 fully saturated rings. The van der Waals surface area contributed by atoms with Crippen molar-refractivity contribution in [2.45, 2.75) is 47.3 Å². The van der Waals surface area contributed by atoms with Crippen molar-refractivity contribution in [1.82, 2.24) is 23.0 Å². The third-order valence-corrected chi connectivity index (χ3v) is 13.6. The minimum absolute atomic E-state index is 0.0291. The molecule has 1 N–H and O–H groups in total. The molecule has 0 aliphatic carbocycles. The van der Waals surface area contributed by atoms with Crippen LogP contribution in [0.25, 0.3) is 0 Å². The van der Waals surface area contributed by atoms with E-state index in [1.165, 1.54) is 72.4 Å². The summed E-state index contributed by atoms with van der Waals surface area (Å²) >= 11 is 0. The first-order chi connectivity index (χ1) is 21.6. The van der Waals surface area contributed by atoms with E-state index in [0.29, 0.717) is 0 Å². The van der Waals surface area contributed by atoms with Gasteiger partial charge in [0.15, 0.2) is 0 Å². The van der Waals surface area contributed by atoms with Gasteiger partial charge in [0.1, 0.15) is 19.6 Å². The number of benzene rings is 2. The molecule has 0 amide bonds. The number of aryl methyl sites for hydroxylation is 2. The van der Waals surface area contributed by atoms with Gasteiger partial charge in [-0.25, -0.2) is 43.8 Å². The third kappa shape index (κ3) is 7.63. The van der Waals surface area contributed by atoms with Crippen LogP contribution in [0.1, 0.15) is 25.2 Å². The minimum atomic E-state index is -5.25. The quantitative estimate of drug-likeness (QED) is 0.162. The van der Waals surface area contributed by atoms with Crippen LogP contribution >= 0.6 is 0 Å². The van der Waals surface area contributed by atoms with Crippen molar-refractivity contribution in [3.8, 4) is 0 Å². The van der Waals surface area contributed by atoms with Crippen LogP contribution in [-0.4, -0.2) is 97.5 Å². The average molecular weight is 732 g/mol. The van der Waals surface area contributed by atoms with Crippen molar-refractivity contribution < 1.29 is 38.5 Å². The highest BCUT2D eigenvalue weighted by Gasteiger charge is 2.43. The Balaban J connectivity index is 2.44. The van der Waals surface area contributed by atoms with E-state index in [9.17, 15) is 33.7 Å². The van der Waals surface area contributed by atoms with Crippen LogP contribution in [0.2, 0.25) is 0 Å². The first kappa shape index (κ1) is 37.9. The van der Waals surface area contributed by atoms with E-state index in [2.05, 4.69) is 9.97 Å². The monoisotopic (exact) mass is 731 g/mol. The number of sulfonamides is 4. The van der Waals surface area contributed by atoms with Gasteiger partial charge in [-0.15, -0.1) is 4.47 Å². The molecule has 258 valence electrons. The molecule has 0 saturated carbocycles. The Morgan fingerprint density at radius 2 is 1.04 bits per heavy atom. The van der Waals surface area contributed by atoms with Gasteiger partial charge in [-0.05, 0) is 50.1 Å². The van der Waals surface area contributed by atoms with Gasteiger partial charge in [0.25, 0.3) is 26.0 Å². The molecule has 0 aliphatic rings. The molecule has 3 aromatic rings. The SMILES string of the molecule is Cc1cc(C)nc(N(C(=N)N(OCC(C)C)S(=O)(=O)c2ccccc2S(=O)(=O)N(C)C)S(=O)(=O)c2ccccc2S(=O)(=O)N(C)C)n1. The number of hydrogen-bond acceptors (Lipinski definition) is 12. The number of anilines is 1. The van der Waals surface area contributed by atoms with Crippen LogP contribution in [0.3, 0.4) is 0 Å². The van der Waals surface area contributed by atoms with Crippen LogP contribution in [0, 0.1) is 25.2 Å². The molecule has 3 rings (SSSR count). The maximum absolute atomic E-state index is 14.6. The third-order valence-electron chi connectivity index (χ3n) is 6.27. The van der Waals surface area contributed by atoms with Gasteiger partial charge in [-0.3, -0.25) is 10.2 Å². The smallest absolute Gasteiger partial charge is 0.265 e. The Labute approximate surface area is 276 Å². The van der Waals surface area contributed by atoms with Gasteiger partial charge in [0, 0.05) is 39.6 Å². The van der Waals surface area contributed by atoms with Gasteiger partial charge in [-0.1, -0.05) is 38.1 Å². The zero-order valence-corrected chi connectivity index (χ0v) is 30.2. The highest BCUT2D eigenvalue weighted by molar-refractivity contribution is 7.95. The molecule has 0 saturated heterocycles. The summed E-state index contributed by atoms with van der Waals surface area (Å²) in [7, 11) is -14.5. The van der Waals surface area contributed by atoms with E-state index in [1.807, 2.05) is 0 Å². The molecule has 0 aliphatic heterocycles. The maximum Gasteiger partial charge on any atom is 0.290 e. The van der Waals surface area contributed by atoms with E-state index in [-0.39, 0.29) is 32.7 Å². The van der Waals surface area contributed by atoms with E-state index in [4.69, 9.17) is 10.2 Å². The lowest BCUT2D eigenvalue weighted by atomic mass is 10.2. The Hall–Kier alpha value is -3.53. The number of aromatic nitrogens is 2. The average Bonchev–Trinajstić information content (AvgIpc) is 2.96. The molecule has 0 bridgehead atoms. The summed E-state index contributed by atoms with van der Waals surface area (Å²) in [5.74, 6) is -2.47. The fourth-order valence-electron chi connectivity index (χ4n) is 3.98. The second-order valence-electron chi connectivity index (χ2n) is 10.9. The summed E-state index contributed by atoms with van der Waals surface area (Å²) in [5, 5.41) is 9.13. The normalized spacial score (nSPS) is 12.9. The number of nitrogens with zero attached hydrogens (tertiary/aromatic N) is 6. The van der Waals surface area contributed by atoms with Gasteiger partial charge in [-0.2, -0.15) is 12.7 Å². The lowest BCUT2D eigenvalue weighted by Gasteiger charge is -2.31. The number of guanidine groups is 1. The lowest BCUT2D eigenvalue weighted by Crippen LogP contribution is -2.50. The summed E-state index contributed by atoms with van der Waals surface area (Å²) in [6.45, 7) is 5.94. The van der Waals surface area contributed by atoms with Gasteiger partial charge in [0.05, 0.1) is 6.61 Å². The van der Waals surface area contributed by atoms with Crippen LogP contribution < -0.4 is 4.31 Å². The molecule has 1 aromatic heterocycles. The molecule has 0 radical (unpaired) electrons. The summed E-state index contributed by atoms with van der Waals surface area (Å²) in [6.07, 6.45) is 0. The van der Waals surface area contributed by atoms with Crippen molar-refractivity contribution in [3.05, 3.63) is 66.0 Å². The molecule has 2 aromatic carbocycles. The Morgan fingerprint density at radius 1 is 0.681 bits per heavy atom. The van der Waals surface area contributed by atoms with Crippen molar-refractivity contribution >= 4 is 52.0 Å². The Morgan fingerprint density at radius 3 is 1.40 bits per heavy atom. The molecule has 16 nitrogen and oxygen atoms in total. The van der Waals surface area contributed by atoms with Crippen molar-refractivity contribution in [3.63, 3.8) is 0 Å². The first-order valence-corrected chi connectivity index (χ1v) is 19.5. The first-order valence-electron chi connectivity index (χ1n) is 13.8. The molecule has 0 unspecified atom stereocenters. The maximum atomic E-state index is 14.6. The highest BCUT2D eigenvalue weighted by Crippen LogP contribution is 2.32. The zero-order chi connectivity index (χ0) is 35.7. The molecule has 0 atom stereocenters. The standard InChI is InChI=1S/C27H37N7O9S4/c1-19(2)18-43-34(47(41,42)25-16-12-10-14-23(25)45(37,38)32(7)8)26(28)33(27-29-20(3)17-21(4)30-27)46(39,40)24-15-11-9-13-22(24)44(35,36)31(5)6/h9-17,19,28H,18H2,1-8H3. The van der Waals surface area contributed by atoms with Crippen molar-refractivity contribution in [1.29, 1.82) is 5.41 Å². The van der Waals surface area contributed by atoms with Crippen LogP contribution in [-0.2, 0) is 44.9 Å². The molecule has 0 spiro atoms. The number of rotatable bonds is 12. The van der Waals surface area contributed by atoms with Crippen LogP contribution in [0.15, 0.2) is 74.2 Å². The summed E-state index contributed by atoms with van der Waals surface area (Å²) in [4.78, 5) is 10.9. The molecule has 1 heterocycles. The van der Waals surface area contributed by atoms with Gasteiger partial charge < -0.3 is 0 Å². The predicted molar refractivity (Wildman–Crippen MR) is 173 cm³/mol. The summed E-state index contributed by atoms with van der Waals surface area (Å²) < 4.78 is 112. The largest absolute Gasteiger partial charge is 0.290 e. The Kier molecular flexibility index (Phi) is 11.2. The minimum Gasteiger partial charge on any atom is -0.265 e. The lowest BCUT2D eigenvalue weighted by molar-refractivity contribution is -0.0435. The molecular formula is C27H37N7O9S4. The van der Waals surface area contributed by atoms with Crippen molar-refractivity contribution in [2.24, 2.45) is 5.92 Å². The topological polar surface area (TPSA) is 208 Å².